The molecule has 0 spiro atoms. The molecule has 0 saturated heterocycles. The molecule has 1 aromatic heterocycles. The van der Waals surface area contributed by atoms with Crippen molar-refractivity contribution in [3.8, 4) is 0 Å². The molecule has 2 aromatic rings. The van der Waals surface area contributed by atoms with Gasteiger partial charge in [0.2, 0.25) is 5.91 Å². The van der Waals surface area contributed by atoms with Crippen LogP contribution in [0.5, 0.6) is 0 Å². The first-order chi connectivity index (χ1) is 9.67. The van der Waals surface area contributed by atoms with Crippen LogP contribution < -0.4 is 11.1 Å². The molecule has 0 fully saturated rings. The molecule has 20 heavy (non-hydrogen) atoms. The van der Waals surface area contributed by atoms with E-state index in [-0.39, 0.29) is 12.5 Å². The molecule has 5 nitrogen and oxygen atoms in total. The molecule has 0 radical (unpaired) electrons. The van der Waals surface area contributed by atoms with Crippen molar-refractivity contribution in [3.05, 3.63) is 42.1 Å². The van der Waals surface area contributed by atoms with Crippen LogP contribution in [-0.2, 0) is 17.8 Å². The van der Waals surface area contributed by atoms with Gasteiger partial charge in [-0.1, -0.05) is 25.5 Å². The molecular formula is C15H20N4O. The highest BCUT2D eigenvalue weighted by atomic mass is 16.2. The predicted molar refractivity (Wildman–Crippen MR) is 80.3 cm³/mol. The van der Waals surface area contributed by atoms with E-state index in [9.17, 15) is 4.79 Å². The number of nitrogens with one attached hydrogen (secondary N) is 1. The standard InChI is InChI=1S/C15H20N4O/c1-2-3-4-12-5-7-13(8-6-12)17-15(20)11-19-10-9-14(16)18-19/h5-10H,2-4,11H2,1H3,(H2,16,18)(H,17,20). The maximum absolute atomic E-state index is 11.8. The SMILES string of the molecule is CCCCc1ccc(NC(=O)Cn2ccc(N)n2)cc1. The molecule has 0 aliphatic rings. The highest BCUT2D eigenvalue weighted by molar-refractivity contribution is 5.90. The number of hydrogen-bond acceptors (Lipinski definition) is 3. The largest absolute Gasteiger partial charge is 0.382 e. The summed E-state index contributed by atoms with van der Waals surface area (Å²) in [6, 6.07) is 9.63. The minimum Gasteiger partial charge on any atom is -0.382 e. The van der Waals surface area contributed by atoms with Crippen LogP contribution in [0, 0.1) is 0 Å². The fourth-order valence-corrected chi connectivity index (χ4v) is 1.95. The maximum Gasteiger partial charge on any atom is 0.246 e. The molecule has 0 saturated carbocycles. The summed E-state index contributed by atoms with van der Waals surface area (Å²) < 4.78 is 1.51. The van der Waals surface area contributed by atoms with Crippen molar-refractivity contribution in [1.82, 2.24) is 9.78 Å². The third-order valence-electron chi connectivity index (χ3n) is 3.02. The third kappa shape index (κ3) is 4.12. The Morgan fingerprint density at radius 3 is 2.65 bits per heavy atom. The number of nitrogens with two attached hydrogens (primary N) is 1. The molecule has 0 aliphatic carbocycles. The van der Waals surface area contributed by atoms with Gasteiger partial charge in [0.1, 0.15) is 12.4 Å². The molecular weight excluding hydrogens is 252 g/mol. The van der Waals surface area contributed by atoms with Crippen molar-refractivity contribution in [2.75, 3.05) is 11.1 Å². The lowest BCUT2D eigenvalue weighted by molar-refractivity contribution is -0.116. The van der Waals surface area contributed by atoms with E-state index >= 15 is 0 Å². The van der Waals surface area contributed by atoms with E-state index in [0.29, 0.717) is 5.82 Å². The summed E-state index contributed by atoms with van der Waals surface area (Å²) in [6.07, 6.45) is 5.14. The molecule has 106 valence electrons. The number of amides is 1. The van der Waals surface area contributed by atoms with Gasteiger partial charge in [-0.25, -0.2) is 0 Å². The smallest absolute Gasteiger partial charge is 0.246 e. The molecule has 0 aliphatic heterocycles. The number of nitrogen functional groups attached to an aromatic ring is 1. The Morgan fingerprint density at radius 2 is 2.05 bits per heavy atom. The second-order valence-corrected chi connectivity index (χ2v) is 4.79. The number of nitrogens with zero attached hydrogens (tertiary/aromatic N) is 2. The third-order valence-corrected chi connectivity index (χ3v) is 3.02. The maximum atomic E-state index is 11.8. The van der Waals surface area contributed by atoms with Crippen LogP contribution in [0.25, 0.3) is 0 Å². The topological polar surface area (TPSA) is 72.9 Å². The average Bonchev–Trinajstić information content (AvgIpc) is 2.83. The molecule has 1 amide bonds. The molecule has 0 bridgehead atoms. The highest BCUT2D eigenvalue weighted by Crippen LogP contribution is 2.12. The Labute approximate surface area is 118 Å². The minimum atomic E-state index is -0.116. The van der Waals surface area contributed by atoms with Crippen molar-refractivity contribution in [2.45, 2.75) is 32.7 Å². The Bertz CT molecular complexity index is 560. The zero-order valence-electron chi connectivity index (χ0n) is 11.7. The summed E-state index contributed by atoms with van der Waals surface area (Å²) in [5.74, 6) is 0.299. The molecule has 1 heterocycles. The molecule has 1 aromatic carbocycles. The first-order valence-corrected chi connectivity index (χ1v) is 6.85. The number of carbonyl (C=O) groups is 1. The summed E-state index contributed by atoms with van der Waals surface area (Å²) in [5.41, 5.74) is 7.60. The fraction of sp³-hybridized carbons (Fsp3) is 0.333. The predicted octanol–water partition coefficient (Wildman–Crippen LogP) is 2.45. The lowest BCUT2D eigenvalue weighted by atomic mass is 10.1. The Kier molecular flexibility index (Phi) is 4.76. The number of aromatic nitrogens is 2. The lowest BCUT2D eigenvalue weighted by Gasteiger charge is -2.06. The highest BCUT2D eigenvalue weighted by Gasteiger charge is 2.04. The number of benzene rings is 1. The Morgan fingerprint density at radius 1 is 1.30 bits per heavy atom. The fourth-order valence-electron chi connectivity index (χ4n) is 1.95. The molecule has 5 heteroatoms. The number of hydrogen-bond donors (Lipinski definition) is 2. The zero-order chi connectivity index (χ0) is 14.4. The Hall–Kier alpha value is -2.30. The summed E-state index contributed by atoms with van der Waals surface area (Å²) in [5, 5.41) is 6.82. The number of carbonyl (C=O) groups excluding carboxylic acids is 1. The molecule has 2 rings (SSSR count). The van der Waals surface area contributed by atoms with E-state index in [0.717, 1.165) is 12.1 Å². The lowest BCUT2D eigenvalue weighted by Crippen LogP contribution is -2.19. The normalized spacial score (nSPS) is 10.4. The number of anilines is 2. The van der Waals surface area contributed by atoms with Crippen LogP contribution in [0.4, 0.5) is 11.5 Å². The zero-order valence-corrected chi connectivity index (χ0v) is 11.7. The van der Waals surface area contributed by atoms with Gasteiger partial charge in [-0.2, -0.15) is 5.10 Å². The van der Waals surface area contributed by atoms with Gasteiger partial charge in [-0.15, -0.1) is 0 Å². The summed E-state index contributed by atoms with van der Waals surface area (Å²) >= 11 is 0. The van der Waals surface area contributed by atoms with E-state index in [1.165, 1.54) is 23.1 Å². The van der Waals surface area contributed by atoms with Gasteiger partial charge in [-0.3, -0.25) is 9.48 Å². The molecule has 3 N–H and O–H groups in total. The van der Waals surface area contributed by atoms with Crippen LogP contribution in [-0.4, -0.2) is 15.7 Å². The average molecular weight is 272 g/mol. The van der Waals surface area contributed by atoms with Crippen LogP contribution in [0.2, 0.25) is 0 Å². The van der Waals surface area contributed by atoms with Crippen molar-refractivity contribution in [1.29, 1.82) is 0 Å². The first-order valence-electron chi connectivity index (χ1n) is 6.85. The summed E-state index contributed by atoms with van der Waals surface area (Å²) in [7, 11) is 0. The van der Waals surface area contributed by atoms with E-state index in [1.807, 2.05) is 12.1 Å². The Balaban J connectivity index is 1.87. The number of aryl methyl sites for hydroxylation is 1. The molecule has 0 unspecified atom stereocenters. The second kappa shape index (κ2) is 6.75. The minimum absolute atomic E-state index is 0.116. The van der Waals surface area contributed by atoms with Crippen molar-refractivity contribution in [3.63, 3.8) is 0 Å². The van der Waals surface area contributed by atoms with Gasteiger partial charge >= 0.3 is 0 Å². The number of unbranched alkanes of at least 4 members (excludes halogenated alkanes) is 1. The van der Waals surface area contributed by atoms with Gasteiger partial charge < -0.3 is 11.1 Å². The van der Waals surface area contributed by atoms with Crippen LogP contribution >= 0.6 is 0 Å². The van der Waals surface area contributed by atoms with E-state index in [2.05, 4.69) is 29.5 Å². The van der Waals surface area contributed by atoms with Crippen LogP contribution in [0.3, 0.4) is 0 Å². The summed E-state index contributed by atoms with van der Waals surface area (Å²) in [4.78, 5) is 11.8. The van der Waals surface area contributed by atoms with Gasteiger partial charge in [0.05, 0.1) is 0 Å². The van der Waals surface area contributed by atoms with E-state index in [1.54, 1.807) is 12.3 Å². The van der Waals surface area contributed by atoms with Gasteiger partial charge in [0.15, 0.2) is 0 Å². The first kappa shape index (κ1) is 14.1. The van der Waals surface area contributed by atoms with Crippen molar-refractivity contribution < 1.29 is 4.79 Å². The van der Waals surface area contributed by atoms with Gasteiger partial charge in [0.25, 0.3) is 0 Å². The van der Waals surface area contributed by atoms with E-state index in [4.69, 9.17) is 5.73 Å². The quantitative estimate of drug-likeness (QED) is 0.848. The van der Waals surface area contributed by atoms with Gasteiger partial charge in [0, 0.05) is 11.9 Å². The van der Waals surface area contributed by atoms with Crippen LogP contribution in [0.15, 0.2) is 36.5 Å². The van der Waals surface area contributed by atoms with Crippen LogP contribution in [0.1, 0.15) is 25.3 Å². The van der Waals surface area contributed by atoms with Crippen molar-refractivity contribution >= 4 is 17.4 Å². The van der Waals surface area contributed by atoms with Crippen molar-refractivity contribution in [2.24, 2.45) is 0 Å². The molecule has 0 atom stereocenters. The second-order valence-electron chi connectivity index (χ2n) is 4.79. The number of rotatable bonds is 6. The van der Waals surface area contributed by atoms with E-state index < -0.39 is 0 Å². The monoisotopic (exact) mass is 272 g/mol. The van der Waals surface area contributed by atoms with Gasteiger partial charge in [-0.05, 0) is 36.6 Å². The summed E-state index contributed by atoms with van der Waals surface area (Å²) in [6.45, 7) is 2.34.